The van der Waals surface area contributed by atoms with Crippen LogP contribution in [0.3, 0.4) is 0 Å². The normalized spacial score (nSPS) is 13.5. The van der Waals surface area contributed by atoms with E-state index >= 15 is 0 Å². The minimum atomic E-state index is 0.586. The van der Waals surface area contributed by atoms with Gasteiger partial charge in [0.1, 0.15) is 11.2 Å². The fourth-order valence-corrected chi connectivity index (χ4v) is 11.4. The van der Waals surface area contributed by atoms with E-state index in [-0.39, 0.29) is 0 Å². The van der Waals surface area contributed by atoms with Gasteiger partial charge in [-0.15, -0.1) is 11.3 Å². The molecule has 2 aromatic heterocycles. The Morgan fingerprint density at radius 3 is 1.84 bits per heavy atom. The van der Waals surface area contributed by atoms with Gasteiger partial charge < -0.3 is 9.32 Å². The number of fused-ring (bicyclic) bond motifs is 7. The van der Waals surface area contributed by atoms with Gasteiger partial charge in [-0.05, 0) is 106 Å². The van der Waals surface area contributed by atoms with Gasteiger partial charge in [0, 0.05) is 53.4 Å². The summed E-state index contributed by atoms with van der Waals surface area (Å²) < 4.78 is 9.13. The van der Waals surface area contributed by atoms with Crippen LogP contribution in [0.5, 0.6) is 0 Å². The molecule has 1 aliphatic carbocycles. The van der Waals surface area contributed by atoms with Crippen LogP contribution in [0.25, 0.3) is 86.3 Å². The van der Waals surface area contributed by atoms with Gasteiger partial charge in [0.2, 0.25) is 0 Å². The Labute approximate surface area is 360 Å². The smallest absolute Gasteiger partial charge is 0.143 e. The second-order valence-corrected chi connectivity index (χ2v) is 17.7. The molecule has 3 heteroatoms. The lowest BCUT2D eigenvalue weighted by Crippen LogP contribution is -2.11. The summed E-state index contributed by atoms with van der Waals surface area (Å²) in [6, 6.07) is 71.4. The molecule has 1 fully saturated rings. The first-order valence-electron chi connectivity index (χ1n) is 21.7. The molecule has 0 radical (unpaired) electrons. The number of hydrogen-bond acceptors (Lipinski definition) is 3. The largest absolute Gasteiger partial charge is 0.455 e. The van der Waals surface area contributed by atoms with Crippen LogP contribution in [0.1, 0.15) is 43.6 Å². The van der Waals surface area contributed by atoms with Crippen LogP contribution in [0.2, 0.25) is 0 Å². The average Bonchev–Trinajstić information content (AvgIpc) is 3.91. The lowest BCUT2D eigenvalue weighted by Gasteiger charge is -2.29. The van der Waals surface area contributed by atoms with Crippen molar-refractivity contribution in [1.29, 1.82) is 0 Å². The van der Waals surface area contributed by atoms with Crippen LogP contribution < -0.4 is 4.90 Å². The van der Waals surface area contributed by atoms with Gasteiger partial charge in [0.25, 0.3) is 0 Å². The van der Waals surface area contributed by atoms with E-state index in [1.54, 1.807) is 0 Å². The van der Waals surface area contributed by atoms with E-state index in [1.165, 1.54) is 90.9 Å². The van der Waals surface area contributed by atoms with E-state index in [2.05, 4.69) is 193 Å². The SMILES string of the molecule is c1ccc(N(c2ccc(-c3cccc4c3oc3ccccc34)cc2)c2ccc(-c3cccc4sc5ccccc5c34)cc2)c(-c2cccc3cccc(C4CCCCC4)c23)c1. The molecule has 61 heavy (non-hydrogen) atoms. The Kier molecular flexibility index (Phi) is 8.82. The summed E-state index contributed by atoms with van der Waals surface area (Å²) in [7, 11) is 0. The standard InChI is InChI=1S/C58H43NOS/c1-2-14-38(15-3-1)44-21-10-16-41-17-11-24-49(56(41)44)47-18-4-7-26-52(47)59(42-34-30-39(31-35-42)45-22-13-29-55-57(45)51-20-6-9-28-54(51)61-55)43-36-32-40(33-37-43)46-23-12-25-50-48-19-5-8-27-53(48)60-58(46)50/h4-13,16-38H,1-3,14-15H2. The summed E-state index contributed by atoms with van der Waals surface area (Å²) in [5, 5.41) is 7.64. The van der Waals surface area contributed by atoms with Gasteiger partial charge in [-0.25, -0.2) is 0 Å². The highest BCUT2D eigenvalue weighted by Crippen LogP contribution is 2.47. The molecule has 0 unspecified atom stereocenters. The molecular formula is C58H43NOS. The Hall–Kier alpha value is -6.94. The number of para-hydroxylation sites is 3. The van der Waals surface area contributed by atoms with Crippen molar-refractivity contribution < 1.29 is 4.42 Å². The molecule has 0 aliphatic heterocycles. The third-order valence-electron chi connectivity index (χ3n) is 13.1. The van der Waals surface area contributed by atoms with Crippen molar-refractivity contribution in [3.63, 3.8) is 0 Å². The summed E-state index contributed by atoms with van der Waals surface area (Å²) in [5.41, 5.74) is 13.9. The molecule has 292 valence electrons. The third-order valence-corrected chi connectivity index (χ3v) is 14.2. The molecule has 1 saturated carbocycles. The van der Waals surface area contributed by atoms with Crippen molar-refractivity contribution in [3.05, 3.63) is 200 Å². The molecule has 0 bridgehead atoms. The minimum absolute atomic E-state index is 0.586. The summed E-state index contributed by atoms with van der Waals surface area (Å²) in [6.07, 6.45) is 6.48. The average molecular weight is 802 g/mol. The summed E-state index contributed by atoms with van der Waals surface area (Å²) in [6.45, 7) is 0. The van der Waals surface area contributed by atoms with Crippen molar-refractivity contribution in [2.75, 3.05) is 4.90 Å². The highest BCUT2D eigenvalue weighted by atomic mass is 32.1. The predicted molar refractivity (Wildman–Crippen MR) is 261 cm³/mol. The van der Waals surface area contributed by atoms with Crippen LogP contribution in [-0.2, 0) is 0 Å². The lowest BCUT2D eigenvalue weighted by molar-refractivity contribution is 0.445. The van der Waals surface area contributed by atoms with Gasteiger partial charge in [-0.3, -0.25) is 0 Å². The van der Waals surface area contributed by atoms with E-state index < -0.39 is 0 Å². The zero-order chi connectivity index (χ0) is 40.3. The number of benzene rings is 9. The molecule has 12 rings (SSSR count). The monoisotopic (exact) mass is 801 g/mol. The molecule has 11 aromatic rings. The van der Waals surface area contributed by atoms with Gasteiger partial charge in [-0.1, -0.05) is 165 Å². The predicted octanol–water partition coefficient (Wildman–Crippen LogP) is 17.6. The van der Waals surface area contributed by atoms with Crippen LogP contribution in [0.4, 0.5) is 17.1 Å². The van der Waals surface area contributed by atoms with Crippen molar-refractivity contribution >= 4 is 81.3 Å². The molecule has 0 N–H and O–H groups in total. The van der Waals surface area contributed by atoms with Crippen LogP contribution in [-0.4, -0.2) is 0 Å². The first-order valence-corrected chi connectivity index (χ1v) is 22.5. The molecule has 0 spiro atoms. The van der Waals surface area contributed by atoms with Crippen LogP contribution in [0, 0.1) is 0 Å². The number of hydrogen-bond donors (Lipinski definition) is 0. The second kappa shape index (κ2) is 15.0. The zero-order valence-electron chi connectivity index (χ0n) is 33.9. The number of nitrogens with zero attached hydrogens (tertiary/aromatic N) is 1. The molecule has 0 atom stereocenters. The Morgan fingerprint density at radius 1 is 0.426 bits per heavy atom. The van der Waals surface area contributed by atoms with Crippen molar-refractivity contribution in [2.45, 2.75) is 38.0 Å². The molecule has 2 heterocycles. The molecule has 0 saturated heterocycles. The summed E-state index contributed by atoms with van der Waals surface area (Å²) in [5.74, 6) is 0.586. The zero-order valence-corrected chi connectivity index (χ0v) is 34.7. The van der Waals surface area contributed by atoms with Crippen molar-refractivity contribution in [1.82, 2.24) is 0 Å². The highest BCUT2D eigenvalue weighted by molar-refractivity contribution is 7.25. The molecule has 1 aliphatic rings. The lowest BCUT2D eigenvalue weighted by atomic mass is 9.80. The Bertz CT molecular complexity index is 3400. The first kappa shape index (κ1) is 36.0. The van der Waals surface area contributed by atoms with Gasteiger partial charge >= 0.3 is 0 Å². The number of furan rings is 1. The van der Waals surface area contributed by atoms with Gasteiger partial charge in [-0.2, -0.15) is 0 Å². The minimum Gasteiger partial charge on any atom is -0.455 e. The molecule has 2 nitrogen and oxygen atoms in total. The second-order valence-electron chi connectivity index (χ2n) is 16.6. The first-order chi connectivity index (χ1) is 30.3. The van der Waals surface area contributed by atoms with E-state index in [1.807, 2.05) is 17.4 Å². The van der Waals surface area contributed by atoms with E-state index in [4.69, 9.17) is 4.42 Å². The summed E-state index contributed by atoms with van der Waals surface area (Å²) in [4.78, 5) is 2.45. The Balaban J connectivity index is 1.02. The molecular weight excluding hydrogens is 759 g/mol. The van der Waals surface area contributed by atoms with Gasteiger partial charge in [0.05, 0.1) is 5.69 Å². The fourth-order valence-electron chi connectivity index (χ4n) is 10.2. The number of rotatable bonds is 7. The fraction of sp³-hybridized carbons (Fsp3) is 0.103. The Morgan fingerprint density at radius 2 is 1.02 bits per heavy atom. The maximum Gasteiger partial charge on any atom is 0.143 e. The van der Waals surface area contributed by atoms with E-state index in [9.17, 15) is 0 Å². The summed E-state index contributed by atoms with van der Waals surface area (Å²) >= 11 is 1.87. The van der Waals surface area contributed by atoms with E-state index in [0.717, 1.165) is 50.1 Å². The quantitative estimate of drug-likeness (QED) is 0.160. The topological polar surface area (TPSA) is 16.4 Å². The highest BCUT2D eigenvalue weighted by Gasteiger charge is 2.23. The molecule has 0 amide bonds. The third kappa shape index (κ3) is 6.14. The maximum atomic E-state index is 6.49. The van der Waals surface area contributed by atoms with Crippen LogP contribution in [0.15, 0.2) is 199 Å². The van der Waals surface area contributed by atoms with Gasteiger partial charge in [0.15, 0.2) is 0 Å². The number of anilines is 3. The molecule has 9 aromatic carbocycles. The van der Waals surface area contributed by atoms with E-state index in [0.29, 0.717) is 5.92 Å². The maximum absolute atomic E-state index is 6.49. The van der Waals surface area contributed by atoms with Crippen molar-refractivity contribution in [3.8, 4) is 33.4 Å². The number of thiophene rings is 1. The van der Waals surface area contributed by atoms with Crippen molar-refractivity contribution in [2.24, 2.45) is 0 Å². The van der Waals surface area contributed by atoms with Crippen LogP contribution >= 0.6 is 11.3 Å².